The molecule has 0 aromatic carbocycles. The van der Waals surface area contributed by atoms with Crippen molar-refractivity contribution in [2.45, 2.75) is 6.92 Å². The van der Waals surface area contributed by atoms with Gasteiger partial charge in [0.15, 0.2) is 0 Å². The quantitative estimate of drug-likeness (QED) is 0.465. The highest BCUT2D eigenvalue weighted by molar-refractivity contribution is 5.20. The van der Waals surface area contributed by atoms with Crippen molar-refractivity contribution in [3.63, 3.8) is 0 Å². The first-order chi connectivity index (χ1) is 4.72. The molecule has 0 bridgehead atoms. The molecule has 0 aliphatic carbocycles. The molecule has 0 amide bonds. The average molecular weight is 138 g/mol. The number of rotatable bonds is 4. The lowest BCUT2D eigenvalue weighted by atomic mass is 10.0. The number of allylic oxidation sites excluding steroid dienone is 3. The summed E-state index contributed by atoms with van der Waals surface area (Å²) in [5.74, 6) is 0.294. The van der Waals surface area contributed by atoms with E-state index in [0.717, 1.165) is 5.57 Å². The highest BCUT2D eigenvalue weighted by Gasteiger charge is 1.95. The zero-order valence-corrected chi connectivity index (χ0v) is 6.38. The van der Waals surface area contributed by atoms with Crippen LogP contribution in [-0.2, 0) is 0 Å². The van der Waals surface area contributed by atoms with Crippen molar-refractivity contribution in [3.8, 4) is 0 Å². The van der Waals surface area contributed by atoms with Crippen molar-refractivity contribution >= 4 is 0 Å². The van der Waals surface area contributed by atoms with Crippen molar-refractivity contribution in [1.82, 2.24) is 0 Å². The van der Waals surface area contributed by atoms with Crippen LogP contribution in [0, 0.1) is 5.92 Å². The fourth-order valence-corrected chi connectivity index (χ4v) is 0.507. The summed E-state index contributed by atoms with van der Waals surface area (Å²) in [6, 6.07) is 0. The van der Waals surface area contributed by atoms with Gasteiger partial charge in [-0.05, 0) is 11.5 Å². The third-order valence-corrected chi connectivity index (χ3v) is 1.38. The number of hydrogen-bond donors (Lipinski definition) is 1. The van der Waals surface area contributed by atoms with E-state index in [9.17, 15) is 0 Å². The van der Waals surface area contributed by atoms with Gasteiger partial charge in [-0.2, -0.15) is 0 Å². The summed E-state index contributed by atoms with van der Waals surface area (Å²) in [6.45, 7) is 9.51. The summed E-state index contributed by atoms with van der Waals surface area (Å²) in [4.78, 5) is 0. The van der Waals surface area contributed by atoms with E-state index in [-0.39, 0.29) is 6.61 Å². The highest BCUT2D eigenvalue weighted by Crippen LogP contribution is 2.09. The molecule has 0 heterocycles. The fraction of sp³-hybridized carbons (Fsp3) is 0.333. The lowest BCUT2D eigenvalue weighted by Gasteiger charge is -2.02. The van der Waals surface area contributed by atoms with Crippen LogP contribution in [0.1, 0.15) is 6.92 Å². The van der Waals surface area contributed by atoms with Crippen LogP contribution in [0.25, 0.3) is 0 Å². The van der Waals surface area contributed by atoms with Gasteiger partial charge in [-0.1, -0.05) is 31.7 Å². The van der Waals surface area contributed by atoms with E-state index in [1.54, 1.807) is 6.08 Å². The van der Waals surface area contributed by atoms with E-state index in [1.807, 2.05) is 19.1 Å². The maximum absolute atomic E-state index is 8.42. The summed E-state index contributed by atoms with van der Waals surface area (Å²) < 4.78 is 0. The van der Waals surface area contributed by atoms with Gasteiger partial charge in [0.25, 0.3) is 0 Å². The minimum absolute atomic E-state index is 0.0723. The van der Waals surface area contributed by atoms with Gasteiger partial charge >= 0.3 is 0 Å². The van der Waals surface area contributed by atoms with E-state index in [1.165, 1.54) is 0 Å². The second-order valence-electron chi connectivity index (χ2n) is 2.18. The SMILES string of the molecule is C=CC(C)C(=C)/C=C/CO. The van der Waals surface area contributed by atoms with Gasteiger partial charge in [0, 0.05) is 0 Å². The van der Waals surface area contributed by atoms with E-state index < -0.39 is 0 Å². The number of aliphatic hydroxyl groups excluding tert-OH is 1. The van der Waals surface area contributed by atoms with Crippen molar-refractivity contribution in [1.29, 1.82) is 0 Å². The molecule has 0 aromatic heterocycles. The molecule has 1 heteroatoms. The largest absolute Gasteiger partial charge is 0.392 e. The molecule has 0 fully saturated rings. The Morgan fingerprint density at radius 1 is 1.70 bits per heavy atom. The standard InChI is InChI=1S/C9H14O/c1-4-8(2)9(3)6-5-7-10/h4-6,8,10H,1,3,7H2,2H3/b6-5+. The predicted octanol–water partition coefficient (Wildman–Crippen LogP) is 1.91. The van der Waals surface area contributed by atoms with Crippen LogP contribution in [0.3, 0.4) is 0 Å². The minimum Gasteiger partial charge on any atom is -0.392 e. The molecule has 1 nitrogen and oxygen atoms in total. The van der Waals surface area contributed by atoms with Gasteiger partial charge in [0.05, 0.1) is 6.61 Å². The maximum atomic E-state index is 8.42. The molecule has 0 aromatic rings. The van der Waals surface area contributed by atoms with Crippen LogP contribution in [0.15, 0.2) is 37.0 Å². The predicted molar refractivity (Wildman–Crippen MR) is 44.7 cm³/mol. The van der Waals surface area contributed by atoms with Crippen LogP contribution in [0.2, 0.25) is 0 Å². The second kappa shape index (κ2) is 5.00. The van der Waals surface area contributed by atoms with Crippen molar-refractivity contribution < 1.29 is 5.11 Å². The molecule has 10 heavy (non-hydrogen) atoms. The van der Waals surface area contributed by atoms with E-state index in [4.69, 9.17) is 5.11 Å². The molecule has 0 radical (unpaired) electrons. The highest BCUT2D eigenvalue weighted by atomic mass is 16.2. The van der Waals surface area contributed by atoms with Crippen LogP contribution >= 0.6 is 0 Å². The summed E-state index contributed by atoms with van der Waals surface area (Å²) >= 11 is 0. The molecule has 0 rings (SSSR count). The van der Waals surface area contributed by atoms with Gasteiger partial charge in [-0.25, -0.2) is 0 Å². The number of hydrogen-bond acceptors (Lipinski definition) is 1. The Labute approximate surface area is 62.4 Å². The third kappa shape index (κ3) is 3.25. The Morgan fingerprint density at radius 2 is 2.30 bits per heavy atom. The summed E-state index contributed by atoms with van der Waals surface area (Å²) in [5.41, 5.74) is 0.976. The normalized spacial score (nSPS) is 13.4. The van der Waals surface area contributed by atoms with Crippen LogP contribution < -0.4 is 0 Å². The molecule has 56 valence electrons. The van der Waals surface area contributed by atoms with Crippen LogP contribution in [-0.4, -0.2) is 11.7 Å². The first-order valence-electron chi connectivity index (χ1n) is 3.31. The monoisotopic (exact) mass is 138 g/mol. The summed E-state index contributed by atoms with van der Waals surface area (Å²) in [7, 11) is 0. The zero-order chi connectivity index (χ0) is 7.98. The fourth-order valence-electron chi connectivity index (χ4n) is 0.507. The molecule has 0 aliphatic rings. The van der Waals surface area contributed by atoms with Crippen molar-refractivity contribution in [2.24, 2.45) is 5.92 Å². The van der Waals surface area contributed by atoms with Gasteiger partial charge in [-0.15, -0.1) is 6.58 Å². The van der Waals surface area contributed by atoms with Crippen molar-refractivity contribution in [3.05, 3.63) is 37.0 Å². The maximum Gasteiger partial charge on any atom is 0.0615 e. The smallest absolute Gasteiger partial charge is 0.0615 e. The molecule has 1 atom stereocenters. The Morgan fingerprint density at radius 3 is 2.70 bits per heavy atom. The first kappa shape index (κ1) is 9.18. The topological polar surface area (TPSA) is 20.2 Å². The molecule has 0 saturated carbocycles. The third-order valence-electron chi connectivity index (χ3n) is 1.38. The van der Waals surface area contributed by atoms with Crippen LogP contribution in [0.4, 0.5) is 0 Å². The van der Waals surface area contributed by atoms with Gasteiger partial charge in [0.1, 0.15) is 0 Å². The molecule has 1 unspecified atom stereocenters. The minimum atomic E-state index is 0.0723. The van der Waals surface area contributed by atoms with Gasteiger partial charge < -0.3 is 5.11 Å². The van der Waals surface area contributed by atoms with E-state index in [0.29, 0.717) is 5.92 Å². The first-order valence-corrected chi connectivity index (χ1v) is 3.31. The zero-order valence-electron chi connectivity index (χ0n) is 6.38. The molecular weight excluding hydrogens is 124 g/mol. The molecule has 0 aliphatic heterocycles. The van der Waals surface area contributed by atoms with Gasteiger partial charge in [0.2, 0.25) is 0 Å². The Hall–Kier alpha value is -0.820. The second-order valence-corrected chi connectivity index (χ2v) is 2.18. The van der Waals surface area contributed by atoms with E-state index in [2.05, 4.69) is 13.2 Å². The Bertz CT molecular complexity index is 145. The lowest BCUT2D eigenvalue weighted by Crippen LogP contribution is -1.89. The summed E-state index contributed by atoms with van der Waals surface area (Å²) in [5, 5.41) is 8.42. The molecule has 0 saturated heterocycles. The van der Waals surface area contributed by atoms with Gasteiger partial charge in [-0.3, -0.25) is 0 Å². The van der Waals surface area contributed by atoms with E-state index >= 15 is 0 Å². The van der Waals surface area contributed by atoms with Crippen molar-refractivity contribution in [2.75, 3.05) is 6.61 Å². The Balaban J connectivity index is 3.84. The Kier molecular flexibility index (Phi) is 4.59. The molecule has 0 spiro atoms. The number of aliphatic hydroxyl groups is 1. The molecular formula is C9H14O. The molecule has 1 N–H and O–H groups in total. The van der Waals surface area contributed by atoms with Crippen LogP contribution in [0.5, 0.6) is 0 Å². The lowest BCUT2D eigenvalue weighted by molar-refractivity contribution is 0.342. The summed E-state index contributed by atoms with van der Waals surface area (Å²) in [6.07, 6.45) is 5.30. The average Bonchev–Trinajstić information content (AvgIpc) is 1.98.